The Hall–Kier alpha value is -2.69. The van der Waals surface area contributed by atoms with Crippen LogP contribution in [0.2, 0.25) is 0 Å². The SMILES string of the molecule is Cc1cc(O)cc2oc3c(C(=O)O)cc(O)cc3c12. The Balaban J connectivity index is 2.57. The summed E-state index contributed by atoms with van der Waals surface area (Å²) in [6, 6.07) is 5.58. The average Bonchev–Trinajstić information content (AvgIpc) is 2.65. The molecular formula is C14H10O5. The smallest absolute Gasteiger partial charge is 0.339 e. The van der Waals surface area contributed by atoms with E-state index < -0.39 is 5.97 Å². The van der Waals surface area contributed by atoms with Crippen LogP contribution in [0.5, 0.6) is 11.5 Å². The molecule has 3 rings (SSSR count). The van der Waals surface area contributed by atoms with Crippen molar-refractivity contribution in [3.8, 4) is 11.5 Å². The first-order valence-corrected chi connectivity index (χ1v) is 5.59. The van der Waals surface area contributed by atoms with E-state index in [9.17, 15) is 15.0 Å². The van der Waals surface area contributed by atoms with Crippen molar-refractivity contribution in [2.75, 3.05) is 0 Å². The molecule has 1 aromatic heterocycles. The van der Waals surface area contributed by atoms with Crippen molar-refractivity contribution in [3.05, 3.63) is 35.4 Å². The molecule has 0 atom stereocenters. The zero-order valence-corrected chi connectivity index (χ0v) is 9.97. The molecule has 96 valence electrons. The number of phenols is 2. The number of aromatic hydroxyl groups is 2. The van der Waals surface area contributed by atoms with E-state index in [1.54, 1.807) is 13.0 Å². The molecule has 0 radical (unpaired) electrons. The third kappa shape index (κ3) is 1.59. The molecule has 1 heterocycles. The minimum absolute atomic E-state index is 0.0464. The number of carboxylic acids is 1. The Morgan fingerprint density at radius 3 is 2.47 bits per heavy atom. The van der Waals surface area contributed by atoms with Crippen LogP contribution in [-0.4, -0.2) is 21.3 Å². The molecule has 0 saturated heterocycles. The first-order valence-electron chi connectivity index (χ1n) is 5.59. The van der Waals surface area contributed by atoms with E-state index in [-0.39, 0.29) is 22.6 Å². The monoisotopic (exact) mass is 258 g/mol. The lowest BCUT2D eigenvalue weighted by atomic mass is 10.0. The molecule has 3 aromatic rings. The van der Waals surface area contributed by atoms with Gasteiger partial charge in [0.25, 0.3) is 0 Å². The molecule has 19 heavy (non-hydrogen) atoms. The van der Waals surface area contributed by atoms with E-state index in [1.165, 1.54) is 12.1 Å². The third-order valence-corrected chi connectivity index (χ3v) is 3.07. The maximum atomic E-state index is 11.2. The lowest BCUT2D eigenvalue weighted by Crippen LogP contribution is -1.96. The highest BCUT2D eigenvalue weighted by molar-refractivity contribution is 6.13. The van der Waals surface area contributed by atoms with Crippen molar-refractivity contribution in [1.29, 1.82) is 0 Å². The number of furan rings is 1. The van der Waals surface area contributed by atoms with Crippen LogP contribution in [0.1, 0.15) is 15.9 Å². The van der Waals surface area contributed by atoms with Crippen LogP contribution in [0.25, 0.3) is 21.9 Å². The molecule has 0 unspecified atom stereocenters. The van der Waals surface area contributed by atoms with Gasteiger partial charge in [0.1, 0.15) is 28.2 Å². The van der Waals surface area contributed by atoms with E-state index in [2.05, 4.69) is 0 Å². The number of hydrogen-bond acceptors (Lipinski definition) is 4. The van der Waals surface area contributed by atoms with Gasteiger partial charge in [-0.1, -0.05) is 0 Å². The maximum Gasteiger partial charge on any atom is 0.339 e. The Morgan fingerprint density at radius 2 is 1.79 bits per heavy atom. The maximum absolute atomic E-state index is 11.2. The van der Waals surface area contributed by atoms with Crippen molar-refractivity contribution in [2.24, 2.45) is 0 Å². The Morgan fingerprint density at radius 1 is 1.11 bits per heavy atom. The Bertz CT molecular complexity index is 829. The second-order valence-electron chi connectivity index (χ2n) is 4.41. The minimum Gasteiger partial charge on any atom is -0.508 e. The average molecular weight is 258 g/mol. The Kier molecular flexibility index (Phi) is 2.19. The summed E-state index contributed by atoms with van der Waals surface area (Å²) < 4.78 is 5.51. The summed E-state index contributed by atoms with van der Waals surface area (Å²) in [4.78, 5) is 11.2. The van der Waals surface area contributed by atoms with Crippen molar-refractivity contribution < 1.29 is 24.5 Å². The summed E-state index contributed by atoms with van der Waals surface area (Å²) in [6.07, 6.45) is 0. The predicted molar refractivity (Wildman–Crippen MR) is 68.7 cm³/mol. The van der Waals surface area contributed by atoms with E-state index in [4.69, 9.17) is 9.52 Å². The van der Waals surface area contributed by atoms with Gasteiger partial charge in [0, 0.05) is 16.8 Å². The molecule has 2 aromatic carbocycles. The standard InChI is InChI=1S/C14H10O5/c1-6-2-7(15)5-11-12(6)9-3-8(16)4-10(14(17)18)13(9)19-11/h2-5,15-16H,1H3,(H,17,18). The number of aryl methyl sites for hydroxylation is 1. The van der Waals surface area contributed by atoms with Crippen molar-refractivity contribution in [3.63, 3.8) is 0 Å². The number of carboxylic acid groups (broad SMARTS) is 1. The molecule has 5 heteroatoms. The lowest BCUT2D eigenvalue weighted by molar-refractivity contribution is 0.0697. The fourth-order valence-corrected chi connectivity index (χ4v) is 2.34. The molecule has 0 spiro atoms. The van der Waals surface area contributed by atoms with Gasteiger partial charge in [0.2, 0.25) is 0 Å². The lowest BCUT2D eigenvalue weighted by Gasteiger charge is -1.99. The first-order chi connectivity index (χ1) is 8.97. The van der Waals surface area contributed by atoms with Gasteiger partial charge in [-0.2, -0.15) is 0 Å². The van der Waals surface area contributed by atoms with Crippen LogP contribution < -0.4 is 0 Å². The minimum atomic E-state index is -1.18. The van der Waals surface area contributed by atoms with Crippen LogP contribution in [0.3, 0.4) is 0 Å². The molecule has 0 aliphatic carbocycles. The van der Waals surface area contributed by atoms with Crippen LogP contribution in [-0.2, 0) is 0 Å². The number of rotatable bonds is 1. The van der Waals surface area contributed by atoms with Crippen molar-refractivity contribution in [2.45, 2.75) is 6.92 Å². The quantitative estimate of drug-likeness (QED) is 0.624. The summed E-state index contributed by atoms with van der Waals surface area (Å²) in [5.74, 6) is -1.27. The summed E-state index contributed by atoms with van der Waals surface area (Å²) in [7, 11) is 0. The Labute approximate surface area is 107 Å². The molecule has 0 fully saturated rings. The van der Waals surface area contributed by atoms with E-state index in [0.717, 1.165) is 11.6 Å². The summed E-state index contributed by atoms with van der Waals surface area (Å²) >= 11 is 0. The molecular weight excluding hydrogens is 248 g/mol. The predicted octanol–water partition coefficient (Wildman–Crippen LogP) is 3.00. The number of hydrogen-bond donors (Lipinski definition) is 3. The fourth-order valence-electron chi connectivity index (χ4n) is 2.34. The summed E-state index contributed by atoms with van der Waals surface area (Å²) in [5.41, 5.74) is 1.22. The number of fused-ring (bicyclic) bond motifs is 3. The topological polar surface area (TPSA) is 90.9 Å². The van der Waals surface area contributed by atoms with Crippen molar-refractivity contribution in [1.82, 2.24) is 0 Å². The molecule has 0 aliphatic heterocycles. The molecule has 0 saturated carbocycles. The van der Waals surface area contributed by atoms with Gasteiger partial charge >= 0.3 is 5.97 Å². The van der Waals surface area contributed by atoms with Gasteiger partial charge in [0.15, 0.2) is 0 Å². The van der Waals surface area contributed by atoms with Crippen LogP contribution in [0, 0.1) is 6.92 Å². The second kappa shape index (κ2) is 3.65. The van der Waals surface area contributed by atoms with Gasteiger partial charge < -0.3 is 19.7 Å². The zero-order valence-electron chi connectivity index (χ0n) is 9.97. The zero-order chi connectivity index (χ0) is 13.7. The highest BCUT2D eigenvalue weighted by Gasteiger charge is 2.18. The van der Waals surface area contributed by atoms with Gasteiger partial charge in [-0.15, -0.1) is 0 Å². The number of carbonyl (C=O) groups is 1. The van der Waals surface area contributed by atoms with Gasteiger partial charge in [0.05, 0.1) is 0 Å². The van der Waals surface area contributed by atoms with Gasteiger partial charge in [-0.3, -0.25) is 0 Å². The fraction of sp³-hybridized carbons (Fsp3) is 0.0714. The summed E-state index contributed by atoms with van der Waals surface area (Å²) in [5, 5.41) is 29.5. The van der Waals surface area contributed by atoms with Crippen LogP contribution in [0.15, 0.2) is 28.7 Å². The number of aromatic carboxylic acids is 1. The highest BCUT2D eigenvalue weighted by atomic mass is 16.4. The van der Waals surface area contributed by atoms with E-state index >= 15 is 0 Å². The first kappa shape index (κ1) is 11.4. The molecule has 0 aliphatic rings. The van der Waals surface area contributed by atoms with E-state index in [1.807, 2.05) is 0 Å². The van der Waals surface area contributed by atoms with E-state index in [0.29, 0.717) is 16.4 Å². The molecule has 3 N–H and O–H groups in total. The highest BCUT2D eigenvalue weighted by Crippen LogP contribution is 2.37. The second-order valence-corrected chi connectivity index (χ2v) is 4.41. The van der Waals surface area contributed by atoms with Crippen molar-refractivity contribution >= 4 is 27.9 Å². The normalized spacial score (nSPS) is 11.2. The van der Waals surface area contributed by atoms with Crippen LogP contribution >= 0.6 is 0 Å². The van der Waals surface area contributed by atoms with Crippen LogP contribution in [0.4, 0.5) is 0 Å². The third-order valence-electron chi connectivity index (χ3n) is 3.07. The molecule has 0 bridgehead atoms. The summed E-state index contributed by atoms with van der Waals surface area (Å²) in [6.45, 7) is 1.78. The molecule has 0 amide bonds. The number of phenolic OH excluding ortho intramolecular Hbond substituents is 2. The number of benzene rings is 2. The van der Waals surface area contributed by atoms with Gasteiger partial charge in [-0.05, 0) is 30.7 Å². The van der Waals surface area contributed by atoms with Gasteiger partial charge in [-0.25, -0.2) is 4.79 Å². The molecule has 5 nitrogen and oxygen atoms in total. The largest absolute Gasteiger partial charge is 0.508 e.